The number of hydrogen-bond donors (Lipinski definition) is 1. The van der Waals surface area contributed by atoms with Gasteiger partial charge in [0.05, 0.1) is 29.3 Å². The van der Waals surface area contributed by atoms with Gasteiger partial charge in [-0.1, -0.05) is 12.1 Å². The maximum atomic E-state index is 11.7. The van der Waals surface area contributed by atoms with Gasteiger partial charge in [-0.05, 0) is 51.0 Å². The summed E-state index contributed by atoms with van der Waals surface area (Å²) < 4.78 is 17.0. The van der Waals surface area contributed by atoms with Crippen LogP contribution < -0.4 is 10.4 Å². The van der Waals surface area contributed by atoms with E-state index in [0.717, 1.165) is 16.5 Å². The first-order valence-electron chi connectivity index (χ1n) is 8.47. The van der Waals surface area contributed by atoms with Crippen LogP contribution in [0.4, 0.5) is 0 Å². The van der Waals surface area contributed by atoms with Crippen LogP contribution in [0.15, 0.2) is 45.1 Å². The highest BCUT2D eigenvalue weighted by Crippen LogP contribution is 2.33. The monoisotopic (exact) mass is 344 g/mol. The Morgan fingerprint density at radius 3 is 2.88 bits per heavy atom. The summed E-state index contributed by atoms with van der Waals surface area (Å²) in [5, 5.41) is 10.8. The first kappa shape index (κ1) is 17.7. The normalized spacial score (nSPS) is 23.2. The van der Waals surface area contributed by atoms with E-state index in [1.807, 2.05) is 45.9 Å². The van der Waals surface area contributed by atoms with Crippen LogP contribution in [0.25, 0.3) is 11.0 Å². The third kappa shape index (κ3) is 3.62. The fraction of sp³-hybridized carbons (Fsp3) is 0.450. The van der Waals surface area contributed by atoms with Gasteiger partial charge in [0, 0.05) is 6.42 Å². The zero-order valence-corrected chi connectivity index (χ0v) is 15.0. The lowest BCUT2D eigenvalue weighted by Crippen LogP contribution is -2.31. The van der Waals surface area contributed by atoms with Crippen LogP contribution in [0.5, 0.6) is 5.75 Å². The molecule has 1 fully saturated rings. The molecule has 0 aliphatic carbocycles. The van der Waals surface area contributed by atoms with Crippen LogP contribution >= 0.6 is 0 Å². The Bertz CT molecular complexity index is 862. The molecule has 0 radical (unpaired) electrons. The molecule has 2 atom stereocenters. The number of fused-ring (bicyclic) bond motifs is 1. The zero-order chi connectivity index (χ0) is 18.2. The third-order valence-corrected chi connectivity index (χ3v) is 4.78. The Labute approximate surface area is 146 Å². The van der Waals surface area contributed by atoms with Gasteiger partial charge in [-0.25, -0.2) is 4.79 Å². The molecule has 134 valence electrons. The van der Waals surface area contributed by atoms with Crippen LogP contribution in [0.1, 0.15) is 32.8 Å². The van der Waals surface area contributed by atoms with Crippen molar-refractivity contribution in [3.8, 4) is 5.75 Å². The highest BCUT2D eigenvalue weighted by molar-refractivity contribution is 5.86. The Kier molecular flexibility index (Phi) is 4.71. The van der Waals surface area contributed by atoms with Crippen molar-refractivity contribution < 1.29 is 19.0 Å². The Morgan fingerprint density at radius 2 is 2.20 bits per heavy atom. The number of hydrogen-bond acceptors (Lipinski definition) is 5. The lowest BCUT2D eigenvalue weighted by Gasteiger charge is -2.22. The van der Waals surface area contributed by atoms with E-state index in [0.29, 0.717) is 24.4 Å². The lowest BCUT2D eigenvalue weighted by atomic mass is 9.99. The van der Waals surface area contributed by atoms with Crippen molar-refractivity contribution in [1.29, 1.82) is 0 Å². The second-order valence-electron chi connectivity index (χ2n) is 7.10. The lowest BCUT2D eigenvalue weighted by molar-refractivity contribution is -0.0472. The molecular formula is C20H24O5. The minimum atomic E-state index is -0.535. The molecular weight excluding hydrogens is 320 g/mol. The molecule has 0 amide bonds. The summed E-state index contributed by atoms with van der Waals surface area (Å²) in [4.78, 5) is 11.7. The van der Waals surface area contributed by atoms with Crippen LogP contribution in [0.2, 0.25) is 0 Å². The molecule has 1 aromatic carbocycles. The minimum Gasteiger partial charge on any atom is -0.488 e. The molecule has 0 saturated carbocycles. The number of aryl methyl sites for hydroxylation is 1. The van der Waals surface area contributed by atoms with E-state index in [9.17, 15) is 9.90 Å². The van der Waals surface area contributed by atoms with Gasteiger partial charge in [0.1, 0.15) is 17.9 Å². The van der Waals surface area contributed by atoms with Gasteiger partial charge in [0.15, 0.2) is 0 Å². The van der Waals surface area contributed by atoms with Gasteiger partial charge in [-0.3, -0.25) is 0 Å². The highest BCUT2D eigenvalue weighted by Gasteiger charge is 2.40. The number of aliphatic hydroxyl groups excluding tert-OH is 1. The number of rotatable bonds is 4. The van der Waals surface area contributed by atoms with E-state index >= 15 is 0 Å². The van der Waals surface area contributed by atoms with Gasteiger partial charge in [-0.2, -0.15) is 0 Å². The first-order chi connectivity index (χ1) is 11.8. The maximum absolute atomic E-state index is 11.7. The average Bonchev–Trinajstić information content (AvgIpc) is 2.80. The van der Waals surface area contributed by atoms with E-state index in [2.05, 4.69) is 0 Å². The van der Waals surface area contributed by atoms with Crippen molar-refractivity contribution in [2.24, 2.45) is 0 Å². The quantitative estimate of drug-likeness (QED) is 0.680. The summed E-state index contributed by atoms with van der Waals surface area (Å²) in [6.45, 7) is 8.01. The van der Waals surface area contributed by atoms with Crippen molar-refractivity contribution in [3.63, 3.8) is 0 Å². The standard InChI is InChI=1S/C20H24O5/c1-12(15-10-17(21)20(3,4)25-15)8-9-23-16-11-18(22)24-14-7-5-6-13(2)19(14)16/h5-8,11,15,17,21H,9-10H2,1-4H3/t15-,17-/m1/s1. The van der Waals surface area contributed by atoms with E-state index < -0.39 is 17.3 Å². The molecule has 5 nitrogen and oxygen atoms in total. The molecule has 5 heteroatoms. The molecule has 0 spiro atoms. The van der Waals surface area contributed by atoms with Crippen molar-refractivity contribution in [2.45, 2.75) is 51.9 Å². The molecule has 2 aromatic rings. The van der Waals surface area contributed by atoms with Crippen molar-refractivity contribution in [1.82, 2.24) is 0 Å². The number of aliphatic hydroxyl groups is 1. The smallest absolute Gasteiger partial charge is 0.339 e. The maximum Gasteiger partial charge on any atom is 0.339 e. The highest BCUT2D eigenvalue weighted by atomic mass is 16.5. The van der Waals surface area contributed by atoms with Crippen molar-refractivity contribution >= 4 is 11.0 Å². The summed E-state index contributed by atoms with van der Waals surface area (Å²) in [6, 6.07) is 6.93. The SMILES string of the molecule is CC(=CCOc1cc(=O)oc2cccc(C)c12)[C@H]1C[C@@H](O)C(C)(C)O1. The van der Waals surface area contributed by atoms with E-state index in [4.69, 9.17) is 13.9 Å². The largest absolute Gasteiger partial charge is 0.488 e. The topological polar surface area (TPSA) is 68.9 Å². The van der Waals surface area contributed by atoms with Gasteiger partial charge < -0.3 is 19.0 Å². The van der Waals surface area contributed by atoms with Crippen LogP contribution in [-0.2, 0) is 4.74 Å². The Hall–Kier alpha value is -2.11. The second-order valence-corrected chi connectivity index (χ2v) is 7.10. The summed E-state index contributed by atoms with van der Waals surface area (Å²) in [5.74, 6) is 0.515. The zero-order valence-electron chi connectivity index (χ0n) is 15.0. The van der Waals surface area contributed by atoms with E-state index in [-0.39, 0.29) is 6.10 Å². The number of ether oxygens (including phenoxy) is 2. The summed E-state index contributed by atoms with van der Waals surface area (Å²) in [6.07, 6.45) is 1.91. The van der Waals surface area contributed by atoms with Crippen LogP contribution in [0.3, 0.4) is 0 Å². The van der Waals surface area contributed by atoms with Gasteiger partial charge in [0.2, 0.25) is 0 Å². The van der Waals surface area contributed by atoms with Crippen LogP contribution in [0, 0.1) is 6.92 Å². The van der Waals surface area contributed by atoms with Crippen molar-refractivity contribution in [3.05, 3.63) is 51.9 Å². The van der Waals surface area contributed by atoms with Crippen LogP contribution in [-0.4, -0.2) is 29.5 Å². The predicted molar refractivity (Wildman–Crippen MR) is 96.0 cm³/mol. The molecule has 3 rings (SSSR count). The third-order valence-electron chi connectivity index (χ3n) is 4.78. The van der Waals surface area contributed by atoms with E-state index in [1.165, 1.54) is 6.07 Å². The molecule has 0 bridgehead atoms. The molecule has 1 N–H and O–H groups in total. The predicted octanol–water partition coefficient (Wildman–Crippen LogP) is 3.35. The summed E-state index contributed by atoms with van der Waals surface area (Å²) in [5.41, 5.74) is 1.55. The Balaban J connectivity index is 1.76. The minimum absolute atomic E-state index is 0.118. The summed E-state index contributed by atoms with van der Waals surface area (Å²) in [7, 11) is 0. The van der Waals surface area contributed by atoms with E-state index in [1.54, 1.807) is 6.07 Å². The second kappa shape index (κ2) is 6.65. The number of benzene rings is 1. The molecule has 1 saturated heterocycles. The summed E-state index contributed by atoms with van der Waals surface area (Å²) >= 11 is 0. The Morgan fingerprint density at radius 1 is 1.44 bits per heavy atom. The molecule has 1 aliphatic rings. The van der Waals surface area contributed by atoms with Gasteiger partial charge >= 0.3 is 5.63 Å². The molecule has 0 unspecified atom stereocenters. The fourth-order valence-electron chi connectivity index (χ4n) is 3.13. The first-order valence-corrected chi connectivity index (χ1v) is 8.47. The molecule has 1 aromatic heterocycles. The molecule has 2 heterocycles. The van der Waals surface area contributed by atoms with Gasteiger partial charge in [-0.15, -0.1) is 0 Å². The fourth-order valence-corrected chi connectivity index (χ4v) is 3.13. The molecule has 25 heavy (non-hydrogen) atoms. The van der Waals surface area contributed by atoms with Crippen molar-refractivity contribution in [2.75, 3.05) is 6.61 Å². The average molecular weight is 344 g/mol. The molecule has 1 aliphatic heterocycles. The van der Waals surface area contributed by atoms with Gasteiger partial charge in [0.25, 0.3) is 0 Å².